The van der Waals surface area contributed by atoms with Crippen LogP contribution in [0, 0.1) is 0 Å². The van der Waals surface area contributed by atoms with E-state index in [0.29, 0.717) is 12.6 Å². The maximum Gasteiger partial charge on any atom is 0.274 e. The smallest absolute Gasteiger partial charge is 0.274 e. The normalized spacial score (nSPS) is 19.9. The summed E-state index contributed by atoms with van der Waals surface area (Å²) < 4.78 is 0. The predicted octanol–water partition coefficient (Wildman–Crippen LogP) is 1.60. The van der Waals surface area contributed by atoms with Crippen LogP contribution in [-0.4, -0.2) is 49.6 Å². The molecule has 1 amide bonds. The standard InChI is InChI=1S/C20H24N4O/c1-16-14-17-6-2-3-7-18(17)24(16)15-20(25)23-12-10-22(11-13-23)19-8-4-5-9-21-19/h2-9,16H,10-15H2,1H3/p+1/t16-/m1/s1. The number of hydrogen-bond donors (Lipinski definition) is 0. The van der Waals surface area contributed by atoms with Gasteiger partial charge in [-0.2, -0.15) is 0 Å². The summed E-state index contributed by atoms with van der Waals surface area (Å²) in [6.45, 7) is 6.00. The molecule has 2 aromatic rings. The van der Waals surface area contributed by atoms with E-state index in [1.165, 1.54) is 11.3 Å². The van der Waals surface area contributed by atoms with Gasteiger partial charge in [0.25, 0.3) is 5.82 Å². The largest absolute Gasteiger partial charge is 0.359 e. The van der Waals surface area contributed by atoms with Crippen molar-refractivity contribution in [1.82, 2.24) is 4.90 Å². The Kier molecular flexibility index (Phi) is 4.30. The molecule has 0 unspecified atom stereocenters. The third kappa shape index (κ3) is 3.18. The molecule has 0 saturated carbocycles. The van der Waals surface area contributed by atoms with Gasteiger partial charge in [0.15, 0.2) is 0 Å². The van der Waals surface area contributed by atoms with Crippen molar-refractivity contribution in [3.63, 3.8) is 0 Å². The zero-order valence-corrected chi connectivity index (χ0v) is 14.7. The number of carbonyl (C=O) groups is 1. The first-order valence-corrected chi connectivity index (χ1v) is 9.06. The average Bonchev–Trinajstić information content (AvgIpc) is 2.98. The molecule has 1 fully saturated rings. The molecule has 0 aliphatic carbocycles. The lowest BCUT2D eigenvalue weighted by Gasteiger charge is -2.33. The topological polar surface area (TPSA) is 40.9 Å². The summed E-state index contributed by atoms with van der Waals surface area (Å²) in [6, 6.07) is 14.9. The maximum absolute atomic E-state index is 12.8. The second-order valence-corrected chi connectivity index (χ2v) is 6.93. The summed E-state index contributed by atoms with van der Waals surface area (Å²) in [5.41, 5.74) is 2.58. The number of aromatic nitrogens is 1. The van der Waals surface area contributed by atoms with Crippen LogP contribution in [0.4, 0.5) is 11.5 Å². The molecular formula is C20H25N4O+. The lowest BCUT2D eigenvalue weighted by Crippen LogP contribution is -2.52. The highest BCUT2D eigenvalue weighted by atomic mass is 16.2. The molecule has 1 aromatic heterocycles. The highest BCUT2D eigenvalue weighted by Crippen LogP contribution is 2.31. The van der Waals surface area contributed by atoms with Gasteiger partial charge in [-0.15, -0.1) is 0 Å². The Morgan fingerprint density at radius 1 is 1.08 bits per heavy atom. The van der Waals surface area contributed by atoms with Gasteiger partial charge in [0.1, 0.15) is 13.1 Å². The minimum atomic E-state index is 0.236. The van der Waals surface area contributed by atoms with Crippen molar-refractivity contribution in [2.45, 2.75) is 19.4 Å². The number of para-hydroxylation sites is 1. The number of fused-ring (bicyclic) bond motifs is 1. The van der Waals surface area contributed by atoms with E-state index in [4.69, 9.17) is 0 Å². The fraction of sp³-hybridized carbons (Fsp3) is 0.400. The second kappa shape index (κ2) is 6.75. The van der Waals surface area contributed by atoms with Crippen molar-refractivity contribution in [2.75, 3.05) is 42.5 Å². The number of pyridine rings is 1. The van der Waals surface area contributed by atoms with Gasteiger partial charge in [-0.1, -0.05) is 24.3 Å². The van der Waals surface area contributed by atoms with E-state index >= 15 is 0 Å². The number of H-pyrrole nitrogens is 1. The minimum Gasteiger partial charge on any atom is -0.359 e. The van der Waals surface area contributed by atoms with Gasteiger partial charge in [-0.05, 0) is 31.0 Å². The van der Waals surface area contributed by atoms with Gasteiger partial charge < -0.3 is 9.80 Å². The molecule has 5 heteroatoms. The molecule has 0 spiro atoms. The first-order chi connectivity index (χ1) is 12.2. The van der Waals surface area contributed by atoms with Gasteiger partial charge in [0.2, 0.25) is 5.91 Å². The molecule has 0 radical (unpaired) electrons. The maximum atomic E-state index is 12.8. The molecule has 130 valence electrons. The Labute approximate surface area is 148 Å². The fourth-order valence-electron chi connectivity index (χ4n) is 3.89. The average molecular weight is 337 g/mol. The molecule has 25 heavy (non-hydrogen) atoms. The van der Waals surface area contributed by atoms with E-state index in [0.717, 1.165) is 38.4 Å². The monoisotopic (exact) mass is 337 g/mol. The van der Waals surface area contributed by atoms with E-state index in [1.54, 1.807) is 0 Å². The molecule has 4 rings (SSSR count). The highest BCUT2D eigenvalue weighted by Gasteiger charge is 2.31. The minimum absolute atomic E-state index is 0.236. The van der Waals surface area contributed by atoms with E-state index in [-0.39, 0.29) is 5.91 Å². The van der Waals surface area contributed by atoms with Crippen molar-refractivity contribution < 1.29 is 9.78 Å². The number of nitrogens with zero attached hydrogens (tertiary/aromatic N) is 3. The van der Waals surface area contributed by atoms with Crippen LogP contribution in [0.15, 0.2) is 48.7 Å². The molecule has 1 atom stereocenters. The van der Waals surface area contributed by atoms with Crippen LogP contribution >= 0.6 is 0 Å². The Morgan fingerprint density at radius 2 is 1.84 bits per heavy atom. The van der Waals surface area contributed by atoms with Crippen molar-refractivity contribution in [2.24, 2.45) is 0 Å². The number of piperazine rings is 1. The molecule has 1 N–H and O–H groups in total. The van der Waals surface area contributed by atoms with Crippen molar-refractivity contribution in [3.05, 3.63) is 54.2 Å². The third-order valence-electron chi connectivity index (χ3n) is 5.32. The number of rotatable bonds is 3. The molecule has 2 aliphatic rings. The van der Waals surface area contributed by atoms with Crippen molar-refractivity contribution >= 4 is 17.4 Å². The van der Waals surface area contributed by atoms with Gasteiger partial charge >= 0.3 is 0 Å². The van der Waals surface area contributed by atoms with E-state index < -0.39 is 0 Å². The van der Waals surface area contributed by atoms with Crippen LogP contribution in [-0.2, 0) is 11.2 Å². The summed E-state index contributed by atoms with van der Waals surface area (Å²) >= 11 is 0. The SMILES string of the molecule is C[C@@H]1Cc2ccccc2N1CC(=O)N1CCN(c2cccc[nH+]2)CC1. The summed E-state index contributed by atoms with van der Waals surface area (Å²) in [5, 5.41) is 0. The van der Waals surface area contributed by atoms with Gasteiger partial charge in [-0.25, -0.2) is 4.98 Å². The van der Waals surface area contributed by atoms with E-state index in [1.807, 2.05) is 23.2 Å². The molecule has 1 saturated heterocycles. The fourth-order valence-corrected chi connectivity index (χ4v) is 3.89. The van der Waals surface area contributed by atoms with Crippen LogP contribution < -0.4 is 14.8 Å². The Morgan fingerprint density at radius 3 is 2.60 bits per heavy atom. The van der Waals surface area contributed by atoms with E-state index in [9.17, 15) is 4.79 Å². The number of carbonyl (C=O) groups excluding carboxylic acids is 1. The van der Waals surface area contributed by atoms with Crippen LogP contribution in [0.2, 0.25) is 0 Å². The lowest BCUT2D eigenvalue weighted by atomic mass is 10.1. The molecule has 3 heterocycles. The number of aromatic amines is 1. The van der Waals surface area contributed by atoms with Crippen LogP contribution in [0.1, 0.15) is 12.5 Å². The van der Waals surface area contributed by atoms with E-state index in [2.05, 4.69) is 52.0 Å². The molecular weight excluding hydrogens is 312 g/mol. The van der Waals surface area contributed by atoms with Crippen molar-refractivity contribution in [3.8, 4) is 0 Å². The Balaban J connectivity index is 1.37. The summed E-state index contributed by atoms with van der Waals surface area (Å²) in [5.74, 6) is 1.36. The summed E-state index contributed by atoms with van der Waals surface area (Å²) in [6.07, 6.45) is 2.97. The summed E-state index contributed by atoms with van der Waals surface area (Å²) in [4.78, 5) is 22.7. The van der Waals surface area contributed by atoms with Gasteiger partial charge in [0, 0.05) is 17.8 Å². The van der Waals surface area contributed by atoms with Crippen LogP contribution in [0.25, 0.3) is 0 Å². The highest BCUT2D eigenvalue weighted by molar-refractivity contribution is 5.83. The van der Waals surface area contributed by atoms with Gasteiger partial charge in [0.05, 0.1) is 25.8 Å². The summed E-state index contributed by atoms with van der Waals surface area (Å²) in [7, 11) is 0. The predicted molar refractivity (Wildman–Crippen MR) is 98.7 cm³/mol. The zero-order chi connectivity index (χ0) is 17.2. The van der Waals surface area contributed by atoms with Gasteiger partial charge in [-0.3, -0.25) is 9.69 Å². The lowest BCUT2D eigenvalue weighted by molar-refractivity contribution is -0.364. The zero-order valence-electron chi connectivity index (χ0n) is 14.7. The Hall–Kier alpha value is -2.56. The Bertz CT molecular complexity index is 740. The number of hydrogen-bond acceptors (Lipinski definition) is 3. The molecule has 1 aromatic carbocycles. The first-order valence-electron chi connectivity index (χ1n) is 9.06. The molecule has 5 nitrogen and oxygen atoms in total. The number of anilines is 2. The second-order valence-electron chi connectivity index (χ2n) is 6.93. The van der Waals surface area contributed by atoms with Crippen LogP contribution in [0.5, 0.6) is 0 Å². The number of nitrogens with one attached hydrogen (secondary N) is 1. The third-order valence-corrected chi connectivity index (χ3v) is 5.32. The first kappa shape index (κ1) is 15.9. The number of amides is 1. The van der Waals surface area contributed by atoms with Crippen LogP contribution in [0.3, 0.4) is 0 Å². The molecule has 0 bridgehead atoms. The number of benzene rings is 1. The quantitative estimate of drug-likeness (QED) is 0.854. The van der Waals surface area contributed by atoms with Crippen molar-refractivity contribution in [1.29, 1.82) is 0 Å². The molecule has 2 aliphatic heterocycles.